The lowest BCUT2D eigenvalue weighted by molar-refractivity contribution is 0.315. The van der Waals surface area contributed by atoms with Crippen molar-refractivity contribution >= 4 is 22.9 Å². The molecule has 0 unspecified atom stereocenters. The smallest absolute Gasteiger partial charge is 0.0928 e. The lowest BCUT2D eigenvalue weighted by Gasteiger charge is -2.16. The van der Waals surface area contributed by atoms with Crippen LogP contribution < -0.4 is 0 Å². The van der Waals surface area contributed by atoms with E-state index in [4.69, 9.17) is 11.6 Å². The van der Waals surface area contributed by atoms with Gasteiger partial charge in [0.05, 0.1) is 10.7 Å². The molecule has 4 heteroatoms. The SMILES string of the molecule is CCCc1nc(CN(C)Cc2ccccc2Cl)cs1. The predicted octanol–water partition coefficient (Wildman–Crippen LogP) is 4.38. The van der Waals surface area contributed by atoms with Crippen LogP contribution in [-0.2, 0) is 19.5 Å². The van der Waals surface area contributed by atoms with Gasteiger partial charge in [0.25, 0.3) is 0 Å². The molecule has 2 aromatic rings. The van der Waals surface area contributed by atoms with Crippen molar-refractivity contribution in [3.8, 4) is 0 Å². The molecule has 1 heterocycles. The highest BCUT2D eigenvalue weighted by Gasteiger charge is 2.07. The molecule has 0 fully saturated rings. The molecular formula is C15H19ClN2S. The maximum absolute atomic E-state index is 6.18. The minimum Gasteiger partial charge on any atom is -0.296 e. The zero-order chi connectivity index (χ0) is 13.7. The summed E-state index contributed by atoms with van der Waals surface area (Å²) < 4.78 is 0. The van der Waals surface area contributed by atoms with Gasteiger partial charge in [-0.15, -0.1) is 11.3 Å². The lowest BCUT2D eigenvalue weighted by Crippen LogP contribution is -2.17. The highest BCUT2D eigenvalue weighted by Crippen LogP contribution is 2.18. The molecule has 1 aromatic carbocycles. The van der Waals surface area contributed by atoms with E-state index in [2.05, 4.69) is 35.3 Å². The summed E-state index contributed by atoms with van der Waals surface area (Å²) in [5.74, 6) is 0. The molecule has 0 aliphatic rings. The molecule has 0 aliphatic carbocycles. The van der Waals surface area contributed by atoms with Crippen molar-refractivity contribution < 1.29 is 0 Å². The Morgan fingerprint density at radius 3 is 2.79 bits per heavy atom. The third kappa shape index (κ3) is 4.30. The first-order valence-electron chi connectivity index (χ1n) is 6.54. The predicted molar refractivity (Wildman–Crippen MR) is 82.7 cm³/mol. The minimum absolute atomic E-state index is 0.833. The fraction of sp³-hybridized carbons (Fsp3) is 0.400. The normalized spacial score (nSPS) is 11.2. The number of benzene rings is 1. The number of aryl methyl sites for hydroxylation is 1. The van der Waals surface area contributed by atoms with E-state index in [0.29, 0.717) is 0 Å². The van der Waals surface area contributed by atoms with E-state index in [-0.39, 0.29) is 0 Å². The van der Waals surface area contributed by atoms with E-state index >= 15 is 0 Å². The van der Waals surface area contributed by atoms with E-state index in [0.717, 1.165) is 42.2 Å². The Morgan fingerprint density at radius 1 is 1.26 bits per heavy atom. The van der Waals surface area contributed by atoms with Crippen LogP contribution in [0, 0.1) is 0 Å². The molecule has 0 bridgehead atoms. The van der Waals surface area contributed by atoms with E-state index in [1.165, 1.54) is 5.01 Å². The van der Waals surface area contributed by atoms with Gasteiger partial charge in [0, 0.05) is 23.5 Å². The Balaban J connectivity index is 1.93. The van der Waals surface area contributed by atoms with Crippen LogP contribution in [0.25, 0.3) is 0 Å². The molecule has 0 amide bonds. The largest absolute Gasteiger partial charge is 0.296 e. The molecule has 0 N–H and O–H groups in total. The van der Waals surface area contributed by atoms with Crippen molar-refractivity contribution in [3.05, 3.63) is 50.9 Å². The second-order valence-electron chi connectivity index (χ2n) is 4.75. The highest BCUT2D eigenvalue weighted by atomic mass is 35.5. The van der Waals surface area contributed by atoms with Crippen LogP contribution in [0.3, 0.4) is 0 Å². The monoisotopic (exact) mass is 294 g/mol. The van der Waals surface area contributed by atoms with Crippen LogP contribution in [0.1, 0.15) is 29.6 Å². The van der Waals surface area contributed by atoms with Crippen LogP contribution in [0.15, 0.2) is 29.6 Å². The van der Waals surface area contributed by atoms with Gasteiger partial charge in [-0.2, -0.15) is 0 Å². The van der Waals surface area contributed by atoms with Gasteiger partial charge in [-0.3, -0.25) is 4.90 Å². The first kappa shape index (κ1) is 14.5. The van der Waals surface area contributed by atoms with Gasteiger partial charge >= 0.3 is 0 Å². The molecule has 0 spiro atoms. The Hall–Kier alpha value is -0.900. The van der Waals surface area contributed by atoms with Crippen molar-refractivity contribution in [3.63, 3.8) is 0 Å². The summed E-state index contributed by atoms with van der Waals surface area (Å²) >= 11 is 7.94. The van der Waals surface area contributed by atoms with Crippen molar-refractivity contribution in [2.75, 3.05) is 7.05 Å². The highest BCUT2D eigenvalue weighted by molar-refractivity contribution is 7.09. The van der Waals surface area contributed by atoms with E-state index in [9.17, 15) is 0 Å². The fourth-order valence-electron chi connectivity index (χ4n) is 2.00. The average molecular weight is 295 g/mol. The molecule has 0 saturated heterocycles. The number of thiazole rings is 1. The maximum atomic E-state index is 6.18. The molecule has 2 rings (SSSR count). The number of halogens is 1. The second-order valence-corrected chi connectivity index (χ2v) is 6.10. The Morgan fingerprint density at radius 2 is 2.05 bits per heavy atom. The van der Waals surface area contributed by atoms with Gasteiger partial charge in [-0.25, -0.2) is 4.98 Å². The van der Waals surface area contributed by atoms with Crippen LogP contribution in [0.2, 0.25) is 5.02 Å². The fourth-order valence-corrected chi connectivity index (χ4v) is 3.09. The van der Waals surface area contributed by atoms with Crippen molar-refractivity contribution in [1.29, 1.82) is 0 Å². The third-order valence-corrected chi connectivity index (χ3v) is 4.22. The number of rotatable bonds is 6. The molecule has 0 radical (unpaired) electrons. The zero-order valence-electron chi connectivity index (χ0n) is 11.4. The summed E-state index contributed by atoms with van der Waals surface area (Å²) in [6.07, 6.45) is 2.24. The van der Waals surface area contributed by atoms with Gasteiger partial charge in [-0.05, 0) is 31.5 Å². The molecule has 0 saturated carbocycles. The standard InChI is InChI=1S/C15H19ClN2S/c1-3-6-15-17-13(11-19-15)10-18(2)9-12-7-4-5-8-14(12)16/h4-5,7-8,11H,3,6,9-10H2,1-2H3. The minimum atomic E-state index is 0.833. The summed E-state index contributed by atoms with van der Waals surface area (Å²) in [7, 11) is 2.10. The quantitative estimate of drug-likeness (QED) is 0.786. The first-order chi connectivity index (χ1) is 9.19. The van der Waals surface area contributed by atoms with Gasteiger partial charge in [0.2, 0.25) is 0 Å². The number of hydrogen-bond acceptors (Lipinski definition) is 3. The summed E-state index contributed by atoms with van der Waals surface area (Å²) in [4.78, 5) is 6.89. The third-order valence-electron chi connectivity index (χ3n) is 2.89. The van der Waals surface area contributed by atoms with E-state index in [1.54, 1.807) is 11.3 Å². The van der Waals surface area contributed by atoms with Gasteiger partial charge in [0.15, 0.2) is 0 Å². The van der Waals surface area contributed by atoms with E-state index in [1.807, 2.05) is 18.2 Å². The van der Waals surface area contributed by atoms with E-state index < -0.39 is 0 Å². The van der Waals surface area contributed by atoms with Crippen LogP contribution in [-0.4, -0.2) is 16.9 Å². The van der Waals surface area contributed by atoms with Crippen molar-refractivity contribution in [1.82, 2.24) is 9.88 Å². The molecule has 0 aliphatic heterocycles. The van der Waals surface area contributed by atoms with Gasteiger partial charge in [-0.1, -0.05) is 36.7 Å². The summed E-state index contributed by atoms with van der Waals surface area (Å²) in [5, 5.41) is 4.23. The molecule has 102 valence electrons. The number of nitrogens with zero attached hydrogens (tertiary/aromatic N) is 2. The molecule has 1 aromatic heterocycles. The Kier molecular flexibility index (Phi) is 5.37. The topological polar surface area (TPSA) is 16.1 Å². The molecule has 2 nitrogen and oxygen atoms in total. The van der Waals surface area contributed by atoms with Crippen molar-refractivity contribution in [2.24, 2.45) is 0 Å². The van der Waals surface area contributed by atoms with Crippen LogP contribution >= 0.6 is 22.9 Å². The van der Waals surface area contributed by atoms with Crippen molar-refractivity contribution in [2.45, 2.75) is 32.9 Å². The Labute approximate surface area is 124 Å². The molecule has 0 atom stereocenters. The Bertz CT molecular complexity index is 524. The number of aromatic nitrogens is 1. The summed E-state index contributed by atoms with van der Waals surface area (Å²) in [6, 6.07) is 8.00. The van der Waals surface area contributed by atoms with Gasteiger partial charge in [0.1, 0.15) is 0 Å². The molecule has 19 heavy (non-hydrogen) atoms. The first-order valence-corrected chi connectivity index (χ1v) is 7.80. The van der Waals surface area contributed by atoms with Crippen LogP contribution in [0.5, 0.6) is 0 Å². The average Bonchev–Trinajstić information content (AvgIpc) is 2.80. The zero-order valence-corrected chi connectivity index (χ0v) is 13.0. The molecular weight excluding hydrogens is 276 g/mol. The van der Waals surface area contributed by atoms with Gasteiger partial charge < -0.3 is 0 Å². The number of hydrogen-bond donors (Lipinski definition) is 0. The summed E-state index contributed by atoms with van der Waals surface area (Å²) in [6.45, 7) is 3.90. The lowest BCUT2D eigenvalue weighted by atomic mass is 10.2. The second kappa shape index (κ2) is 7.04. The summed E-state index contributed by atoms with van der Waals surface area (Å²) in [5.41, 5.74) is 2.32. The maximum Gasteiger partial charge on any atom is 0.0928 e. The van der Waals surface area contributed by atoms with Crippen LogP contribution in [0.4, 0.5) is 0 Å².